The maximum Gasteiger partial charge on any atom is 0.408 e. The lowest BCUT2D eigenvalue weighted by atomic mass is 9.72. The van der Waals surface area contributed by atoms with Crippen molar-refractivity contribution in [3.8, 4) is 23.6 Å². The molecular weight excluding hydrogens is 1320 g/mol. The molecule has 8 aliphatic rings. The number of rotatable bonds is 19. The smallest absolute Gasteiger partial charge is 0.408 e. The van der Waals surface area contributed by atoms with Gasteiger partial charge in [0, 0.05) is 84.5 Å². The summed E-state index contributed by atoms with van der Waals surface area (Å²) >= 11 is 0. The molecule has 0 radical (unpaired) electrons. The van der Waals surface area contributed by atoms with Gasteiger partial charge in [-0.2, -0.15) is 10.5 Å². The molecular formula is C75H102N14O14. The van der Waals surface area contributed by atoms with Crippen LogP contribution in [0.2, 0.25) is 0 Å². The van der Waals surface area contributed by atoms with E-state index in [4.69, 9.17) is 31.4 Å². The first kappa shape index (κ1) is 77.6. The number of nitrogens with zero attached hydrogens (tertiary/aromatic N) is 4. The van der Waals surface area contributed by atoms with Crippen LogP contribution in [-0.2, 0) is 43.1 Å². The molecule has 556 valence electrons. The Bertz CT molecular complexity index is 3680. The van der Waals surface area contributed by atoms with E-state index in [2.05, 4.69) is 48.7 Å². The Hall–Kier alpha value is -9.57. The van der Waals surface area contributed by atoms with E-state index in [0.29, 0.717) is 100 Å². The number of carbonyl (C=O) groups excluding carboxylic acids is 11. The summed E-state index contributed by atoms with van der Waals surface area (Å²) in [6.45, 7) is 7.49. The van der Waals surface area contributed by atoms with Gasteiger partial charge >= 0.3 is 6.09 Å². The van der Waals surface area contributed by atoms with Crippen LogP contribution >= 0.6 is 0 Å². The topological polar surface area (TPSA) is 439 Å². The zero-order valence-corrected chi connectivity index (χ0v) is 59.9. The number of benzene rings is 2. The predicted octanol–water partition coefficient (Wildman–Crippen LogP) is 6.43. The number of likely N-dealkylation sites (tertiary alicyclic amines) is 2. The third-order valence-corrected chi connectivity index (χ3v) is 21.8. The Morgan fingerprint density at radius 2 is 1.01 bits per heavy atom. The highest BCUT2D eigenvalue weighted by molar-refractivity contribution is 6.03. The Kier molecular flexibility index (Phi) is 26.1. The number of aromatic amines is 2. The molecule has 0 bridgehead atoms. The molecule has 4 aliphatic heterocycles. The van der Waals surface area contributed by atoms with Crippen molar-refractivity contribution >= 4 is 86.7 Å². The fraction of sp³-hybridized carbons (Fsp3) is 0.613. The number of fused-ring (bicyclic) bond motifs is 2. The first-order chi connectivity index (χ1) is 49.1. The number of primary amides is 2. The van der Waals surface area contributed by atoms with Crippen molar-refractivity contribution in [2.45, 2.75) is 217 Å². The number of nitriles is 2. The number of carbonyl (C=O) groups is 11. The Labute approximate surface area is 600 Å². The summed E-state index contributed by atoms with van der Waals surface area (Å²) in [5.74, 6) is -1.41. The summed E-state index contributed by atoms with van der Waals surface area (Å²) < 4.78 is 16.0. The van der Waals surface area contributed by atoms with Crippen LogP contribution in [0.4, 0.5) is 4.79 Å². The van der Waals surface area contributed by atoms with Gasteiger partial charge in [0.15, 0.2) is 0 Å². The predicted molar refractivity (Wildman–Crippen MR) is 380 cm³/mol. The second-order valence-corrected chi connectivity index (χ2v) is 30.2. The Balaban J connectivity index is 0.000000172. The number of H-pyrrole nitrogens is 2. The molecule has 28 heteroatoms. The highest BCUT2D eigenvalue weighted by atomic mass is 16.6. The molecule has 12 rings (SSSR count). The number of alkyl carbamates (subject to hydrolysis) is 1. The average Bonchev–Trinajstić information content (AvgIpc) is 1.62. The van der Waals surface area contributed by atoms with Crippen molar-refractivity contribution in [3.05, 3.63) is 59.9 Å². The maximum absolute atomic E-state index is 13.8. The second kappa shape index (κ2) is 34.6. The number of hydrogen-bond acceptors (Lipinski definition) is 17. The number of nitrogens with one attached hydrogen (secondary N) is 7. The van der Waals surface area contributed by atoms with E-state index >= 15 is 0 Å². The monoisotopic (exact) mass is 1420 g/mol. The molecule has 2 spiro atoms. The van der Waals surface area contributed by atoms with Gasteiger partial charge < -0.3 is 77.8 Å². The van der Waals surface area contributed by atoms with E-state index in [1.165, 1.54) is 12.8 Å². The molecule has 4 aliphatic carbocycles. The quantitative estimate of drug-likeness (QED) is 0.0483. The third kappa shape index (κ3) is 19.8. The second-order valence-electron chi connectivity index (χ2n) is 30.2. The van der Waals surface area contributed by atoms with E-state index < -0.39 is 59.8 Å². The summed E-state index contributed by atoms with van der Waals surface area (Å²) in [6, 6.07) is 14.8. The zero-order valence-electron chi connectivity index (χ0n) is 59.9. The van der Waals surface area contributed by atoms with Crippen molar-refractivity contribution < 1.29 is 67.0 Å². The molecule has 9 amide bonds. The van der Waals surface area contributed by atoms with Gasteiger partial charge in [-0.05, 0) is 171 Å². The van der Waals surface area contributed by atoms with Crippen LogP contribution in [0.15, 0.2) is 48.5 Å². The number of Topliss-reactive ketones (excluding diaryl/α,β-unsaturated/α-hetero) is 2. The summed E-state index contributed by atoms with van der Waals surface area (Å²) in [5, 5.41) is 34.6. The fourth-order valence-corrected chi connectivity index (χ4v) is 16.3. The van der Waals surface area contributed by atoms with Gasteiger partial charge in [0.25, 0.3) is 11.8 Å². The van der Waals surface area contributed by atoms with Crippen LogP contribution in [0.5, 0.6) is 11.5 Å². The van der Waals surface area contributed by atoms with E-state index in [0.717, 1.165) is 105 Å². The van der Waals surface area contributed by atoms with E-state index in [-0.39, 0.29) is 87.9 Å². The molecule has 28 nitrogen and oxygen atoms in total. The summed E-state index contributed by atoms with van der Waals surface area (Å²) in [5.41, 5.74) is 17.3. The lowest BCUT2D eigenvalue weighted by molar-refractivity contribution is -0.126. The van der Waals surface area contributed by atoms with Crippen LogP contribution in [0, 0.1) is 57.2 Å². The minimum atomic E-state index is -0.899. The third-order valence-electron chi connectivity index (χ3n) is 21.8. The highest BCUT2D eigenvalue weighted by Gasteiger charge is 2.51. The van der Waals surface area contributed by atoms with E-state index in [9.17, 15) is 63.3 Å². The van der Waals surface area contributed by atoms with Gasteiger partial charge in [-0.1, -0.05) is 50.7 Å². The van der Waals surface area contributed by atoms with Gasteiger partial charge in [-0.3, -0.25) is 47.9 Å². The minimum Gasteiger partial charge on any atom is -0.496 e. The standard InChI is InChI=1S/2C28H34N4O4.C12H21N3O4.C7H13N3O2/c2*1-36-25-10-6-8-21-20(25)14-22(31-21)27(35)32-17-28(11-3-2-4-12-28)15-23(32)26(34)30-19(16-29)13-18-7-5-9-24(18)33;1-12(2,3)19-11(18)15-8(9(13)16)6-7-4-5-14-10(7)17;8-5(6(9)11)3-4-1-2-10-7(4)12/h2*6,8,10,14,18-19,23,31H,2-5,7,9,11-13,15,17H2,1H3,(H,30,34);7-8H,4-6H2,1-3H3,(H2,13,16)(H,14,17)(H,15,18);4-5H,1-3,8H2,(H2,9,11)(H,10,12)/t2*18-,19-,23?;7-,8-;4-,5-/m0000/s1. The molecule has 8 fully saturated rings. The number of ether oxygens (including phenoxy) is 3. The van der Waals surface area contributed by atoms with Crippen molar-refractivity contribution in [1.82, 2.24) is 46.4 Å². The summed E-state index contributed by atoms with van der Waals surface area (Å²) in [6.07, 6.45) is 18.2. The average molecular weight is 1420 g/mol. The number of hydrogen-bond donors (Lipinski definition) is 10. The van der Waals surface area contributed by atoms with Crippen molar-refractivity contribution in [3.63, 3.8) is 0 Å². The molecule has 103 heavy (non-hydrogen) atoms. The van der Waals surface area contributed by atoms with Gasteiger partial charge in [0.05, 0.1) is 32.4 Å². The minimum absolute atomic E-state index is 0.0216. The lowest BCUT2D eigenvalue weighted by Crippen LogP contribution is -2.49. The largest absolute Gasteiger partial charge is 0.496 e. The zero-order chi connectivity index (χ0) is 74.3. The Morgan fingerprint density at radius 3 is 1.36 bits per heavy atom. The van der Waals surface area contributed by atoms with Crippen LogP contribution in [0.25, 0.3) is 21.8 Å². The first-order valence-electron chi connectivity index (χ1n) is 36.4. The molecule has 4 aromatic rings. The van der Waals surface area contributed by atoms with Crippen molar-refractivity contribution in [2.24, 2.45) is 51.7 Å². The van der Waals surface area contributed by atoms with Crippen LogP contribution in [0.3, 0.4) is 0 Å². The van der Waals surface area contributed by atoms with Gasteiger partial charge in [0.1, 0.15) is 70.3 Å². The normalized spacial score (nSPS) is 23.6. The van der Waals surface area contributed by atoms with E-state index in [1.807, 2.05) is 36.4 Å². The fourth-order valence-electron chi connectivity index (χ4n) is 16.3. The van der Waals surface area contributed by atoms with Crippen molar-refractivity contribution in [1.29, 1.82) is 10.5 Å². The highest BCUT2D eigenvalue weighted by Crippen LogP contribution is 2.49. The maximum atomic E-state index is 13.8. The van der Waals surface area contributed by atoms with Crippen LogP contribution < -0.4 is 53.3 Å². The number of methoxy groups -OCH3 is 2. The van der Waals surface area contributed by atoms with Gasteiger partial charge in [0.2, 0.25) is 35.4 Å². The SMILES string of the molecule is CC(C)(C)OC(=O)N[C@@H](C[C@@H]1CCNC1=O)C(N)=O.COc1cccc2[nH]c(C(=O)N3CC4(CCCCC4)CC3C(=O)N[C@H](C#N)C[C@@H]3CCCC3=O)cc12.COc1cccc2[nH]c(C(=O)N3CC4(CCCCC4)CC3C(=O)N[C@H](C#N)C[C@@H]3CCCC3=O)cc12.NC(=O)[C@@H](N)C[C@@H]1CCNC1=O. The van der Waals surface area contributed by atoms with E-state index in [1.54, 1.807) is 56.9 Å². The summed E-state index contributed by atoms with van der Waals surface area (Å²) in [7, 11) is 3.20. The molecule has 2 aromatic carbocycles. The number of nitrogens with two attached hydrogens (primary N) is 3. The molecule has 2 aromatic heterocycles. The van der Waals surface area contributed by atoms with Crippen molar-refractivity contribution in [2.75, 3.05) is 40.4 Å². The van der Waals surface area contributed by atoms with Crippen LogP contribution in [-0.4, -0.2) is 167 Å². The number of aromatic nitrogens is 2. The van der Waals surface area contributed by atoms with Gasteiger partial charge in [-0.15, -0.1) is 0 Å². The summed E-state index contributed by atoms with van der Waals surface area (Å²) in [4.78, 5) is 145. The molecule has 2 unspecified atom stereocenters. The number of ketones is 2. The molecule has 6 heterocycles. The molecule has 13 N–H and O–H groups in total. The Morgan fingerprint density at radius 1 is 0.583 bits per heavy atom. The molecule has 4 saturated carbocycles. The molecule has 10 atom stereocenters. The lowest BCUT2D eigenvalue weighted by Gasteiger charge is -2.32. The van der Waals surface area contributed by atoms with Gasteiger partial charge in [-0.25, -0.2) is 4.79 Å². The molecule has 4 saturated heterocycles. The number of amides is 9. The van der Waals surface area contributed by atoms with Crippen LogP contribution in [0.1, 0.15) is 196 Å². The first-order valence-corrected chi connectivity index (χ1v) is 36.4.